The number of carbonyl (C=O) groups is 1. The van der Waals surface area contributed by atoms with Crippen molar-refractivity contribution in [2.75, 3.05) is 5.32 Å². The summed E-state index contributed by atoms with van der Waals surface area (Å²) in [6.45, 7) is 0. The molecular formula is C21H13Cl2FN4O. The van der Waals surface area contributed by atoms with Crippen LogP contribution in [0.25, 0.3) is 0 Å². The number of halogens is 3. The van der Waals surface area contributed by atoms with E-state index in [1.807, 2.05) is 0 Å². The summed E-state index contributed by atoms with van der Waals surface area (Å²) in [6, 6.07) is 11.8. The fraction of sp³-hybridized carbons (Fsp3) is 0. The molecule has 0 saturated carbocycles. The van der Waals surface area contributed by atoms with E-state index in [0.717, 1.165) is 5.56 Å². The number of rotatable bonds is 2. The third kappa shape index (κ3) is 5.32. The van der Waals surface area contributed by atoms with Crippen LogP contribution in [0.15, 0.2) is 65.9 Å². The van der Waals surface area contributed by atoms with Gasteiger partial charge in [0.05, 0.1) is 15.6 Å². The summed E-state index contributed by atoms with van der Waals surface area (Å²) in [4.78, 5) is 19.6. The number of urea groups is 1. The molecule has 0 aliphatic heterocycles. The molecule has 0 unspecified atom stereocenters. The van der Waals surface area contributed by atoms with E-state index in [1.165, 1.54) is 24.4 Å². The van der Waals surface area contributed by atoms with Crippen molar-refractivity contribution in [1.82, 2.24) is 4.98 Å². The van der Waals surface area contributed by atoms with Crippen molar-refractivity contribution in [3.8, 4) is 11.8 Å². The molecule has 3 N–H and O–H groups in total. The zero-order valence-electron chi connectivity index (χ0n) is 14.8. The van der Waals surface area contributed by atoms with Gasteiger partial charge in [-0.15, -0.1) is 0 Å². The van der Waals surface area contributed by atoms with Crippen LogP contribution < -0.4 is 11.1 Å². The molecule has 2 aromatic carbocycles. The minimum atomic E-state index is -0.760. The Labute approximate surface area is 176 Å². The monoisotopic (exact) mass is 426 g/mol. The number of nitrogens with two attached hydrogens (primary N) is 1. The summed E-state index contributed by atoms with van der Waals surface area (Å²) in [5.74, 6) is 4.94. The third-order valence-corrected chi connectivity index (χ3v) is 4.31. The molecular weight excluding hydrogens is 414 g/mol. The number of aromatic nitrogens is 1. The highest BCUT2D eigenvalue weighted by Gasteiger charge is 2.12. The minimum absolute atomic E-state index is 0.0660. The Morgan fingerprint density at radius 2 is 1.83 bits per heavy atom. The lowest BCUT2D eigenvalue weighted by Gasteiger charge is -2.06. The average Bonchev–Trinajstić information content (AvgIpc) is 2.68. The second-order valence-corrected chi connectivity index (χ2v) is 6.52. The predicted octanol–water partition coefficient (Wildman–Crippen LogP) is 4.86. The highest BCUT2D eigenvalue weighted by atomic mass is 35.5. The van der Waals surface area contributed by atoms with Crippen molar-refractivity contribution in [2.45, 2.75) is 0 Å². The van der Waals surface area contributed by atoms with Crippen LogP contribution in [-0.2, 0) is 0 Å². The first kappa shape index (κ1) is 20.3. The van der Waals surface area contributed by atoms with Gasteiger partial charge in [0.1, 0.15) is 11.7 Å². The lowest BCUT2D eigenvalue weighted by molar-refractivity contribution is 0.259. The van der Waals surface area contributed by atoms with Crippen molar-refractivity contribution in [1.29, 1.82) is 0 Å². The first-order valence-electron chi connectivity index (χ1n) is 8.25. The molecule has 29 heavy (non-hydrogen) atoms. The fourth-order valence-electron chi connectivity index (χ4n) is 2.31. The van der Waals surface area contributed by atoms with Gasteiger partial charge in [-0.25, -0.2) is 9.18 Å². The van der Waals surface area contributed by atoms with Gasteiger partial charge >= 0.3 is 6.03 Å². The number of nitrogens with one attached hydrogen (secondary N) is 1. The van der Waals surface area contributed by atoms with E-state index in [0.29, 0.717) is 16.3 Å². The zero-order chi connectivity index (χ0) is 20.8. The molecule has 0 bridgehead atoms. The summed E-state index contributed by atoms with van der Waals surface area (Å²) in [5.41, 5.74) is 7.45. The summed E-state index contributed by atoms with van der Waals surface area (Å²) < 4.78 is 13.8. The molecule has 1 aromatic heterocycles. The molecule has 3 rings (SSSR count). The van der Waals surface area contributed by atoms with Gasteiger partial charge < -0.3 is 11.1 Å². The number of anilines is 1. The maximum Gasteiger partial charge on any atom is 0.347 e. The van der Waals surface area contributed by atoms with Crippen LogP contribution in [0.1, 0.15) is 16.7 Å². The van der Waals surface area contributed by atoms with Crippen LogP contribution in [0, 0.1) is 17.7 Å². The van der Waals surface area contributed by atoms with E-state index >= 15 is 0 Å². The number of pyridine rings is 1. The molecule has 0 spiro atoms. The average molecular weight is 427 g/mol. The fourth-order valence-corrected chi connectivity index (χ4v) is 2.74. The first-order valence-corrected chi connectivity index (χ1v) is 9.01. The number of nitrogens with zero attached hydrogens (tertiary/aromatic N) is 2. The van der Waals surface area contributed by atoms with Crippen LogP contribution in [0.4, 0.5) is 14.9 Å². The van der Waals surface area contributed by atoms with Crippen molar-refractivity contribution in [2.24, 2.45) is 10.7 Å². The second-order valence-electron chi connectivity index (χ2n) is 5.71. The lowest BCUT2D eigenvalue weighted by atomic mass is 10.2. The van der Waals surface area contributed by atoms with Gasteiger partial charge in [0, 0.05) is 29.2 Å². The number of aliphatic imine (C=N–C) groups is 1. The number of carbonyl (C=O) groups excluding carboxylic acids is 1. The van der Waals surface area contributed by atoms with E-state index in [1.54, 1.807) is 36.5 Å². The predicted molar refractivity (Wildman–Crippen MR) is 113 cm³/mol. The van der Waals surface area contributed by atoms with Crippen molar-refractivity contribution in [3.05, 3.63) is 93.5 Å². The second kappa shape index (κ2) is 9.20. The molecule has 0 aliphatic carbocycles. The van der Waals surface area contributed by atoms with Gasteiger partial charge in [-0.1, -0.05) is 41.1 Å². The van der Waals surface area contributed by atoms with Gasteiger partial charge in [0.2, 0.25) is 0 Å². The molecule has 0 atom stereocenters. The Bertz CT molecular complexity index is 1130. The van der Waals surface area contributed by atoms with Gasteiger partial charge in [0.25, 0.3) is 0 Å². The quantitative estimate of drug-likeness (QED) is 0.348. The van der Waals surface area contributed by atoms with Crippen LogP contribution in [0.5, 0.6) is 0 Å². The number of amidine groups is 1. The SMILES string of the molecule is N/C(=N\C(=O)Nc1ccc(C#Cc2ccncc2Cl)cc1)c1c(F)cccc1Cl. The third-order valence-electron chi connectivity index (χ3n) is 3.69. The van der Waals surface area contributed by atoms with E-state index in [2.05, 4.69) is 27.1 Å². The molecule has 0 saturated heterocycles. The molecule has 1 heterocycles. The van der Waals surface area contributed by atoms with Crippen molar-refractivity contribution >= 4 is 40.8 Å². The molecule has 144 valence electrons. The van der Waals surface area contributed by atoms with Crippen LogP contribution in [0.2, 0.25) is 10.0 Å². The van der Waals surface area contributed by atoms with Crippen LogP contribution in [0.3, 0.4) is 0 Å². The van der Waals surface area contributed by atoms with E-state index in [9.17, 15) is 9.18 Å². The number of benzene rings is 2. The van der Waals surface area contributed by atoms with Crippen molar-refractivity contribution < 1.29 is 9.18 Å². The Morgan fingerprint density at radius 1 is 1.07 bits per heavy atom. The van der Waals surface area contributed by atoms with E-state index in [4.69, 9.17) is 28.9 Å². The molecule has 0 radical (unpaired) electrons. The summed E-state index contributed by atoms with van der Waals surface area (Å²) in [6.07, 6.45) is 3.13. The Hall–Kier alpha value is -3.40. The lowest BCUT2D eigenvalue weighted by Crippen LogP contribution is -2.20. The number of hydrogen-bond acceptors (Lipinski definition) is 2. The maximum absolute atomic E-state index is 13.8. The normalized spacial score (nSPS) is 10.8. The molecule has 5 nitrogen and oxygen atoms in total. The highest BCUT2D eigenvalue weighted by Crippen LogP contribution is 2.19. The van der Waals surface area contributed by atoms with Gasteiger partial charge in [-0.2, -0.15) is 4.99 Å². The summed E-state index contributed by atoms with van der Waals surface area (Å²) in [7, 11) is 0. The smallest absolute Gasteiger partial charge is 0.347 e. The number of hydrogen-bond donors (Lipinski definition) is 2. The van der Waals surface area contributed by atoms with Gasteiger partial charge in [0.15, 0.2) is 0 Å². The molecule has 2 amide bonds. The molecule has 8 heteroatoms. The Balaban J connectivity index is 1.70. The highest BCUT2D eigenvalue weighted by molar-refractivity contribution is 6.34. The first-order chi connectivity index (χ1) is 13.9. The van der Waals surface area contributed by atoms with Crippen molar-refractivity contribution in [3.63, 3.8) is 0 Å². The number of amides is 2. The largest absolute Gasteiger partial charge is 0.383 e. The van der Waals surface area contributed by atoms with E-state index in [-0.39, 0.29) is 16.4 Å². The standard InChI is InChI=1S/C21H13Cl2FN4O/c22-16-2-1-3-18(24)19(16)20(25)28-21(29)27-15-8-5-13(6-9-15)4-7-14-10-11-26-12-17(14)23/h1-3,5-6,8-12H,(H3,25,27,28,29). The topological polar surface area (TPSA) is 80.4 Å². The van der Waals surface area contributed by atoms with Gasteiger partial charge in [-0.05, 0) is 42.5 Å². The minimum Gasteiger partial charge on any atom is -0.383 e. The molecule has 0 fully saturated rings. The summed E-state index contributed by atoms with van der Waals surface area (Å²) in [5, 5.41) is 3.08. The summed E-state index contributed by atoms with van der Waals surface area (Å²) >= 11 is 11.9. The maximum atomic E-state index is 13.8. The molecule has 3 aromatic rings. The van der Waals surface area contributed by atoms with Gasteiger partial charge in [-0.3, -0.25) is 4.98 Å². The van der Waals surface area contributed by atoms with E-state index < -0.39 is 11.8 Å². The van der Waals surface area contributed by atoms with Crippen LogP contribution >= 0.6 is 23.2 Å². The zero-order valence-corrected chi connectivity index (χ0v) is 16.3. The Kier molecular flexibility index (Phi) is 6.45. The Morgan fingerprint density at radius 3 is 2.52 bits per heavy atom. The molecule has 0 aliphatic rings. The van der Waals surface area contributed by atoms with Crippen LogP contribution in [-0.4, -0.2) is 16.9 Å².